The van der Waals surface area contributed by atoms with Crippen molar-refractivity contribution in [3.05, 3.63) is 24.2 Å². The Morgan fingerprint density at radius 3 is 2.62 bits per heavy atom. The topological polar surface area (TPSA) is 63.0 Å². The Hall–Kier alpha value is -1.82. The van der Waals surface area contributed by atoms with Crippen LogP contribution in [0.4, 0.5) is 0 Å². The van der Waals surface area contributed by atoms with Crippen LogP contribution in [-0.2, 0) is 9.53 Å². The van der Waals surface area contributed by atoms with E-state index in [0.29, 0.717) is 11.5 Å². The van der Waals surface area contributed by atoms with Gasteiger partial charge in [0.2, 0.25) is 5.91 Å². The number of nitrogens with zero attached hydrogens (tertiary/aromatic N) is 2. The normalized spacial score (nSPS) is 25.0. The van der Waals surface area contributed by atoms with E-state index in [2.05, 4.69) is 0 Å². The zero-order chi connectivity index (χ0) is 18.1. The molecule has 3 heterocycles. The fraction of sp³-hybridized carbons (Fsp3) is 0.700. The molecule has 1 spiro atoms. The summed E-state index contributed by atoms with van der Waals surface area (Å²) in [5.41, 5.74) is 0.699. The third-order valence-corrected chi connectivity index (χ3v) is 6.44. The lowest BCUT2D eigenvalue weighted by Gasteiger charge is -2.42. The zero-order valence-electron chi connectivity index (χ0n) is 15.5. The Kier molecular flexibility index (Phi) is 4.78. The Morgan fingerprint density at radius 1 is 1.23 bits per heavy atom. The number of carbonyl (C=O) groups excluding carboxylic acids is 2. The summed E-state index contributed by atoms with van der Waals surface area (Å²) in [5.74, 6) is 1.31. The molecular formula is C20H28N2O4. The highest BCUT2D eigenvalue weighted by Crippen LogP contribution is 2.45. The van der Waals surface area contributed by atoms with Gasteiger partial charge in [-0.3, -0.25) is 9.59 Å². The molecule has 0 N–H and O–H groups in total. The number of amides is 2. The van der Waals surface area contributed by atoms with E-state index in [1.165, 1.54) is 25.4 Å². The van der Waals surface area contributed by atoms with Crippen LogP contribution in [0.2, 0.25) is 0 Å². The minimum atomic E-state index is 0.0385. The predicted molar refractivity (Wildman–Crippen MR) is 95.6 cm³/mol. The van der Waals surface area contributed by atoms with Crippen molar-refractivity contribution in [2.75, 3.05) is 39.4 Å². The van der Waals surface area contributed by atoms with Crippen LogP contribution in [0.25, 0.3) is 0 Å². The van der Waals surface area contributed by atoms with E-state index >= 15 is 0 Å². The Labute approximate surface area is 154 Å². The molecule has 0 radical (unpaired) electrons. The van der Waals surface area contributed by atoms with Gasteiger partial charge in [0.05, 0.1) is 18.4 Å². The maximum atomic E-state index is 12.5. The summed E-state index contributed by atoms with van der Waals surface area (Å²) in [6, 6.07) is 1.72. The minimum absolute atomic E-state index is 0.0385. The molecule has 6 heteroatoms. The molecule has 2 aliphatic heterocycles. The third-order valence-electron chi connectivity index (χ3n) is 6.44. The molecule has 0 aromatic carbocycles. The second-order valence-electron chi connectivity index (χ2n) is 8.24. The maximum Gasteiger partial charge on any atom is 0.257 e. The van der Waals surface area contributed by atoms with Gasteiger partial charge in [0.15, 0.2) is 0 Å². The first-order valence-corrected chi connectivity index (χ1v) is 9.72. The molecule has 2 saturated heterocycles. The van der Waals surface area contributed by atoms with E-state index in [4.69, 9.17) is 9.15 Å². The van der Waals surface area contributed by atoms with E-state index in [1.807, 2.05) is 9.80 Å². The Morgan fingerprint density at radius 2 is 2.00 bits per heavy atom. The van der Waals surface area contributed by atoms with Gasteiger partial charge < -0.3 is 19.0 Å². The molecular weight excluding hydrogens is 332 g/mol. The second-order valence-corrected chi connectivity index (χ2v) is 8.24. The summed E-state index contributed by atoms with van der Waals surface area (Å²) in [7, 11) is 0. The SMILES string of the molecule is CC(=O)N1C[C@H](COCC2CC2)C2(CCN(C(=O)c3ccoc3)CC2)C1. The standard InChI is InChI=1S/C20H28N2O4/c1-15(23)22-10-18(13-26-11-16-2-3-16)20(14-22)5-7-21(8-6-20)19(24)17-4-9-25-12-17/h4,9,12,16,18H,2-3,5-8,10-11,13-14H2,1H3/t18-/m1/s1. The number of hydrogen-bond donors (Lipinski definition) is 0. The highest BCUT2D eigenvalue weighted by atomic mass is 16.5. The van der Waals surface area contributed by atoms with E-state index in [9.17, 15) is 9.59 Å². The lowest BCUT2D eigenvalue weighted by molar-refractivity contribution is -0.128. The zero-order valence-corrected chi connectivity index (χ0v) is 15.5. The monoisotopic (exact) mass is 360 g/mol. The van der Waals surface area contributed by atoms with Gasteiger partial charge in [0.1, 0.15) is 6.26 Å². The van der Waals surface area contributed by atoms with Crippen LogP contribution in [-0.4, -0.2) is 61.0 Å². The second kappa shape index (κ2) is 7.06. The summed E-state index contributed by atoms with van der Waals surface area (Å²) >= 11 is 0. The first kappa shape index (κ1) is 17.6. The van der Waals surface area contributed by atoms with E-state index < -0.39 is 0 Å². The van der Waals surface area contributed by atoms with Gasteiger partial charge in [-0.15, -0.1) is 0 Å². The van der Waals surface area contributed by atoms with Crippen molar-refractivity contribution in [3.8, 4) is 0 Å². The molecule has 3 fully saturated rings. The Bertz CT molecular complexity index is 645. The number of furan rings is 1. The Balaban J connectivity index is 1.39. The number of rotatable bonds is 5. The van der Waals surface area contributed by atoms with Gasteiger partial charge in [-0.2, -0.15) is 0 Å². The van der Waals surface area contributed by atoms with Crippen LogP contribution < -0.4 is 0 Å². The van der Waals surface area contributed by atoms with Crippen LogP contribution >= 0.6 is 0 Å². The van der Waals surface area contributed by atoms with Gasteiger partial charge >= 0.3 is 0 Å². The number of carbonyl (C=O) groups is 2. The molecule has 26 heavy (non-hydrogen) atoms. The van der Waals surface area contributed by atoms with Crippen molar-refractivity contribution in [1.82, 2.24) is 9.80 Å². The first-order chi connectivity index (χ1) is 12.6. The summed E-state index contributed by atoms with van der Waals surface area (Å²) in [6.45, 7) is 6.29. The average molecular weight is 360 g/mol. The number of piperidine rings is 1. The van der Waals surface area contributed by atoms with Crippen LogP contribution in [0.1, 0.15) is 43.0 Å². The maximum absolute atomic E-state index is 12.5. The molecule has 4 rings (SSSR count). The average Bonchev–Trinajstić information content (AvgIpc) is 3.16. The van der Waals surface area contributed by atoms with Gasteiger partial charge in [-0.05, 0) is 43.1 Å². The van der Waals surface area contributed by atoms with Gasteiger partial charge in [0.25, 0.3) is 5.91 Å². The van der Waals surface area contributed by atoms with Crippen LogP contribution in [0.15, 0.2) is 23.0 Å². The molecule has 1 saturated carbocycles. The van der Waals surface area contributed by atoms with Crippen molar-refractivity contribution in [3.63, 3.8) is 0 Å². The largest absolute Gasteiger partial charge is 0.472 e. The molecule has 1 aromatic heterocycles. The van der Waals surface area contributed by atoms with E-state index in [1.54, 1.807) is 13.0 Å². The molecule has 2 amide bonds. The van der Waals surface area contributed by atoms with Crippen molar-refractivity contribution in [1.29, 1.82) is 0 Å². The third kappa shape index (κ3) is 3.52. The van der Waals surface area contributed by atoms with E-state index in [-0.39, 0.29) is 17.2 Å². The fourth-order valence-corrected chi connectivity index (χ4v) is 4.45. The summed E-state index contributed by atoms with van der Waals surface area (Å²) in [4.78, 5) is 28.4. The van der Waals surface area contributed by atoms with Crippen LogP contribution in [0.3, 0.4) is 0 Å². The molecule has 6 nitrogen and oxygen atoms in total. The summed E-state index contributed by atoms with van der Waals surface area (Å²) in [6.07, 6.45) is 7.48. The lowest BCUT2D eigenvalue weighted by atomic mass is 9.71. The lowest BCUT2D eigenvalue weighted by Crippen LogP contribution is -2.47. The first-order valence-electron chi connectivity index (χ1n) is 9.72. The van der Waals surface area contributed by atoms with Crippen molar-refractivity contribution in [2.24, 2.45) is 17.3 Å². The van der Waals surface area contributed by atoms with Crippen molar-refractivity contribution in [2.45, 2.75) is 32.6 Å². The molecule has 1 aromatic rings. The van der Waals surface area contributed by atoms with Crippen LogP contribution in [0, 0.1) is 17.3 Å². The number of hydrogen-bond acceptors (Lipinski definition) is 4. The fourth-order valence-electron chi connectivity index (χ4n) is 4.45. The van der Waals surface area contributed by atoms with Crippen molar-refractivity contribution < 1.29 is 18.7 Å². The smallest absolute Gasteiger partial charge is 0.257 e. The molecule has 142 valence electrons. The molecule has 1 atom stereocenters. The minimum Gasteiger partial charge on any atom is -0.472 e. The number of ether oxygens (including phenoxy) is 1. The van der Waals surface area contributed by atoms with Gasteiger partial charge in [0, 0.05) is 45.6 Å². The summed E-state index contributed by atoms with van der Waals surface area (Å²) in [5, 5.41) is 0. The molecule has 0 bridgehead atoms. The highest BCUT2D eigenvalue weighted by molar-refractivity contribution is 5.93. The highest BCUT2D eigenvalue weighted by Gasteiger charge is 2.49. The molecule has 3 aliphatic rings. The van der Waals surface area contributed by atoms with Crippen LogP contribution in [0.5, 0.6) is 0 Å². The number of likely N-dealkylation sites (tertiary alicyclic amines) is 2. The van der Waals surface area contributed by atoms with Gasteiger partial charge in [-0.1, -0.05) is 0 Å². The van der Waals surface area contributed by atoms with Gasteiger partial charge in [-0.25, -0.2) is 0 Å². The molecule has 0 unspecified atom stereocenters. The van der Waals surface area contributed by atoms with E-state index in [0.717, 1.165) is 58.2 Å². The predicted octanol–water partition coefficient (Wildman–Crippen LogP) is 2.41. The summed E-state index contributed by atoms with van der Waals surface area (Å²) < 4.78 is 11.0. The quantitative estimate of drug-likeness (QED) is 0.809. The molecule has 1 aliphatic carbocycles. The van der Waals surface area contributed by atoms with Crippen molar-refractivity contribution >= 4 is 11.8 Å².